The third kappa shape index (κ3) is 3.89. The van der Waals surface area contributed by atoms with Crippen molar-refractivity contribution in [1.82, 2.24) is 0 Å². The van der Waals surface area contributed by atoms with Crippen LogP contribution >= 0.6 is 34.8 Å². The van der Waals surface area contributed by atoms with E-state index in [0.29, 0.717) is 10.7 Å². The van der Waals surface area contributed by atoms with Crippen molar-refractivity contribution in [3.8, 4) is 0 Å². The van der Waals surface area contributed by atoms with E-state index in [4.69, 9.17) is 40.5 Å². The van der Waals surface area contributed by atoms with Crippen LogP contribution in [0.15, 0.2) is 42.5 Å². The second-order valence-electron chi connectivity index (χ2n) is 4.43. The van der Waals surface area contributed by atoms with Crippen molar-refractivity contribution in [3.63, 3.8) is 0 Å². The first-order chi connectivity index (χ1) is 10.0. The molecule has 0 spiro atoms. The molecule has 0 saturated heterocycles. The van der Waals surface area contributed by atoms with Crippen molar-refractivity contribution in [3.05, 3.63) is 63.1 Å². The number of benzene rings is 2. The zero-order chi connectivity index (χ0) is 15.4. The molecular formula is C15H13Cl3N2O. The van der Waals surface area contributed by atoms with Crippen LogP contribution in [0.1, 0.15) is 11.5 Å². The molecule has 0 saturated carbocycles. The molecule has 0 fully saturated rings. The summed E-state index contributed by atoms with van der Waals surface area (Å²) in [6.07, 6.45) is 0. The molecule has 0 aliphatic carbocycles. The summed E-state index contributed by atoms with van der Waals surface area (Å²) in [6, 6.07) is 12.3. The fourth-order valence-corrected chi connectivity index (χ4v) is 2.86. The fraction of sp³-hybridized carbons (Fsp3) is 0.133. The Kier molecular flexibility index (Phi) is 5.48. The Hall–Kier alpha value is -1.26. The van der Waals surface area contributed by atoms with Crippen LogP contribution in [0, 0.1) is 0 Å². The molecule has 3 nitrogen and oxygen atoms in total. The minimum Gasteiger partial charge on any atom is -0.329 e. The molecule has 1 atom stereocenters. The molecule has 0 radical (unpaired) electrons. The molecule has 6 heteroatoms. The first kappa shape index (κ1) is 16.1. The minimum absolute atomic E-state index is 0.179. The molecule has 0 aliphatic rings. The molecule has 0 aliphatic heterocycles. The van der Waals surface area contributed by atoms with Gasteiger partial charge in [0.25, 0.3) is 0 Å². The van der Waals surface area contributed by atoms with Gasteiger partial charge in [-0.3, -0.25) is 4.79 Å². The smallest absolute Gasteiger partial charge is 0.233 e. The van der Waals surface area contributed by atoms with E-state index in [2.05, 4.69) is 5.32 Å². The number of rotatable bonds is 4. The number of hydrogen-bond donors (Lipinski definition) is 2. The van der Waals surface area contributed by atoms with Crippen LogP contribution in [-0.4, -0.2) is 12.5 Å². The van der Waals surface area contributed by atoms with Gasteiger partial charge in [0.05, 0.1) is 21.7 Å². The quantitative estimate of drug-likeness (QED) is 0.868. The summed E-state index contributed by atoms with van der Waals surface area (Å²) in [5.74, 6) is -0.746. The van der Waals surface area contributed by atoms with Gasteiger partial charge in [-0.15, -0.1) is 0 Å². The van der Waals surface area contributed by atoms with Gasteiger partial charge in [-0.1, -0.05) is 65.1 Å². The Morgan fingerprint density at radius 2 is 1.67 bits per heavy atom. The van der Waals surface area contributed by atoms with Gasteiger partial charge in [0.15, 0.2) is 0 Å². The highest BCUT2D eigenvalue weighted by molar-refractivity contribution is 6.42. The molecule has 2 rings (SSSR count). The lowest BCUT2D eigenvalue weighted by Gasteiger charge is -2.17. The number of halogens is 3. The molecule has 0 aromatic heterocycles. The van der Waals surface area contributed by atoms with E-state index in [1.165, 1.54) is 12.1 Å². The van der Waals surface area contributed by atoms with Gasteiger partial charge >= 0.3 is 0 Å². The van der Waals surface area contributed by atoms with Crippen molar-refractivity contribution in [2.45, 2.75) is 5.92 Å². The molecular weight excluding hydrogens is 331 g/mol. The van der Waals surface area contributed by atoms with Crippen molar-refractivity contribution in [1.29, 1.82) is 0 Å². The van der Waals surface area contributed by atoms with E-state index >= 15 is 0 Å². The molecule has 0 heterocycles. The lowest BCUT2D eigenvalue weighted by Crippen LogP contribution is -2.27. The summed E-state index contributed by atoms with van der Waals surface area (Å²) in [5.41, 5.74) is 6.88. The van der Waals surface area contributed by atoms with Gasteiger partial charge in [-0.25, -0.2) is 0 Å². The number of nitrogens with one attached hydrogen (secondary N) is 1. The van der Waals surface area contributed by atoms with Crippen LogP contribution in [0.3, 0.4) is 0 Å². The highest BCUT2D eigenvalue weighted by Crippen LogP contribution is 2.34. The molecule has 2 aromatic rings. The Morgan fingerprint density at radius 3 is 2.19 bits per heavy atom. The van der Waals surface area contributed by atoms with Gasteiger partial charge in [-0.2, -0.15) is 0 Å². The van der Waals surface area contributed by atoms with Gasteiger partial charge < -0.3 is 11.1 Å². The average Bonchev–Trinajstić information content (AvgIpc) is 2.45. The number of carbonyl (C=O) groups is 1. The zero-order valence-electron chi connectivity index (χ0n) is 10.9. The maximum absolute atomic E-state index is 12.4. The Balaban J connectivity index is 2.25. The van der Waals surface area contributed by atoms with Crippen molar-refractivity contribution < 1.29 is 4.79 Å². The SMILES string of the molecule is NCC(C(=O)Nc1c(Cl)cc(Cl)cc1Cl)c1ccccc1. The third-order valence-corrected chi connectivity index (χ3v) is 3.82. The maximum atomic E-state index is 12.4. The summed E-state index contributed by atoms with van der Waals surface area (Å²) < 4.78 is 0. The summed E-state index contributed by atoms with van der Waals surface area (Å²) in [6.45, 7) is 0.179. The second-order valence-corrected chi connectivity index (χ2v) is 5.68. The van der Waals surface area contributed by atoms with Gasteiger partial charge in [-0.05, 0) is 17.7 Å². The van der Waals surface area contributed by atoms with E-state index in [9.17, 15) is 4.79 Å². The Labute approximate surface area is 138 Å². The summed E-state index contributed by atoms with van der Waals surface area (Å²) in [5, 5.41) is 3.68. The second kappa shape index (κ2) is 7.14. The van der Waals surface area contributed by atoms with E-state index in [-0.39, 0.29) is 22.5 Å². The van der Waals surface area contributed by atoms with Gasteiger partial charge in [0, 0.05) is 11.6 Å². The molecule has 21 heavy (non-hydrogen) atoms. The third-order valence-electron chi connectivity index (χ3n) is 3.01. The minimum atomic E-state index is -0.478. The highest BCUT2D eigenvalue weighted by Gasteiger charge is 2.21. The largest absolute Gasteiger partial charge is 0.329 e. The lowest BCUT2D eigenvalue weighted by molar-refractivity contribution is -0.117. The monoisotopic (exact) mass is 342 g/mol. The Morgan fingerprint density at radius 1 is 1.10 bits per heavy atom. The van der Waals surface area contributed by atoms with Crippen LogP contribution in [-0.2, 0) is 4.79 Å². The van der Waals surface area contributed by atoms with Crippen LogP contribution in [0.4, 0.5) is 5.69 Å². The number of carbonyl (C=O) groups excluding carboxylic acids is 1. The van der Waals surface area contributed by atoms with Crippen LogP contribution < -0.4 is 11.1 Å². The van der Waals surface area contributed by atoms with Crippen LogP contribution in [0.5, 0.6) is 0 Å². The molecule has 110 valence electrons. The molecule has 0 bridgehead atoms. The summed E-state index contributed by atoms with van der Waals surface area (Å²) in [7, 11) is 0. The van der Waals surface area contributed by atoms with Crippen molar-refractivity contribution in [2.75, 3.05) is 11.9 Å². The molecule has 1 amide bonds. The van der Waals surface area contributed by atoms with Crippen molar-refractivity contribution in [2.24, 2.45) is 5.73 Å². The summed E-state index contributed by atoms with van der Waals surface area (Å²) >= 11 is 18.0. The predicted octanol–water partition coefficient (Wildman–Crippen LogP) is 4.33. The van der Waals surface area contributed by atoms with E-state index < -0.39 is 5.92 Å². The number of amides is 1. The molecule has 3 N–H and O–H groups in total. The maximum Gasteiger partial charge on any atom is 0.233 e. The van der Waals surface area contributed by atoms with E-state index in [0.717, 1.165) is 5.56 Å². The standard InChI is InChI=1S/C15H13Cl3N2O/c16-10-6-12(17)14(13(18)7-10)20-15(21)11(8-19)9-4-2-1-3-5-9/h1-7,11H,8,19H2,(H,20,21). The molecule has 1 unspecified atom stereocenters. The number of nitrogens with two attached hydrogens (primary N) is 1. The normalized spacial score (nSPS) is 12.0. The highest BCUT2D eigenvalue weighted by atomic mass is 35.5. The fourth-order valence-electron chi connectivity index (χ4n) is 1.95. The topological polar surface area (TPSA) is 55.1 Å². The lowest BCUT2D eigenvalue weighted by atomic mass is 9.98. The van der Waals surface area contributed by atoms with E-state index in [1.807, 2.05) is 30.3 Å². The number of hydrogen-bond acceptors (Lipinski definition) is 2. The first-order valence-corrected chi connectivity index (χ1v) is 7.36. The Bertz CT molecular complexity index is 624. The van der Waals surface area contributed by atoms with Crippen LogP contribution in [0.25, 0.3) is 0 Å². The number of anilines is 1. The predicted molar refractivity (Wildman–Crippen MR) is 88.3 cm³/mol. The average molecular weight is 344 g/mol. The molecule has 2 aromatic carbocycles. The van der Waals surface area contributed by atoms with Crippen LogP contribution in [0.2, 0.25) is 15.1 Å². The van der Waals surface area contributed by atoms with E-state index in [1.54, 1.807) is 0 Å². The summed E-state index contributed by atoms with van der Waals surface area (Å²) in [4.78, 5) is 12.4. The van der Waals surface area contributed by atoms with Crippen molar-refractivity contribution >= 4 is 46.4 Å². The zero-order valence-corrected chi connectivity index (χ0v) is 13.2. The van der Waals surface area contributed by atoms with Gasteiger partial charge in [0.2, 0.25) is 5.91 Å². The van der Waals surface area contributed by atoms with Gasteiger partial charge in [0.1, 0.15) is 0 Å². The first-order valence-electron chi connectivity index (χ1n) is 6.23.